The van der Waals surface area contributed by atoms with E-state index >= 15 is 0 Å². The number of carboxylic acid groups (broad SMARTS) is 1. The van der Waals surface area contributed by atoms with E-state index in [9.17, 15) is 34.8 Å². The van der Waals surface area contributed by atoms with Crippen molar-refractivity contribution in [1.29, 1.82) is 0 Å². The number of aliphatic hydroxyl groups is 3. The molecule has 6 atom stereocenters. The molecule has 0 aromatic carbocycles. The molecule has 1 heterocycles. The van der Waals surface area contributed by atoms with Crippen LogP contribution in [0.2, 0.25) is 0 Å². The summed E-state index contributed by atoms with van der Waals surface area (Å²) in [7, 11) is 0. The second-order valence-corrected chi connectivity index (χ2v) is 15.2. The van der Waals surface area contributed by atoms with E-state index in [1.165, 1.54) is 25.7 Å². The number of allylic oxidation sites excluding steroid dienone is 10. The highest BCUT2D eigenvalue weighted by molar-refractivity contribution is 5.73. The van der Waals surface area contributed by atoms with Crippen LogP contribution in [0.3, 0.4) is 0 Å². The third kappa shape index (κ3) is 28.4. The first-order valence-electron chi connectivity index (χ1n) is 22.3. The van der Waals surface area contributed by atoms with Gasteiger partial charge in [0.15, 0.2) is 18.5 Å². The fraction of sp³-hybridized carbons (Fsp3) is 0.723. The van der Waals surface area contributed by atoms with Gasteiger partial charge in [-0.2, -0.15) is 0 Å². The van der Waals surface area contributed by atoms with Gasteiger partial charge in [0, 0.05) is 12.8 Å². The number of rotatable bonds is 36. The molecule has 1 aliphatic heterocycles. The second-order valence-electron chi connectivity index (χ2n) is 15.2. The van der Waals surface area contributed by atoms with E-state index in [4.69, 9.17) is 18.9 Å². The van der Waals surface area contributed by atoms with Gasteiger partial charge in [-0.3, -0.25) is 9.59 Å². The van der Waals surface area contributed by atoms with Crippen molar-refractivity contribution in [3.63, 3.8) is 0 Å². The van der Waals surface area contributed by atoms with Crippen LogP contribution in [0.1, 0.15) is 168 Å². The van der Waals surface area contributed by atoms with E-state index in [0.29, 0.717) is 12.8 Å². The number of aliphatic hydroxyl groups excluding tert-OH is 3. The van der Waals surface area contributed by atoms with Crippen molar-refractivity contribution in [1.82, 2.24) is 0 Å². The van der Waals surface area contributed by atoms with Crippen molar-refractivity contribution in [3.8, 4) is 0 Å². The quantitative estimate of drug-likeness (QED) is 0.0270. The Morgan fingerprint density at radius 3 is 1.55 bits per heavy atom. The molecule has 11 heteroatoms. The smallest absolute Gasteiger partial charge is 0.335 e. The van der Waals surface area contributed by atoms with E-state index in [0.717, 1.165) is 103 Å². The summed E-state index contributed by atoms with van der Waals surface area (Å²) in [4.78, 5) is 36.8. The minimum absolute atomic E-state index is 0.167. The summed E-state index contributed by atoms with van der Waals surface area (Å²) in [5.74, 6) is -2.48. The van der Waals surface area contributed by atoms with Gasteiger partial charge in [-0.25, -0.2) is 4.79 Å². The highest BCUT2D eigenvalue weighted by Gasteiger charge is 2.47. The minimum Gasteiger partial charge on any atom is -0.479 e. The molecule has 0 saturated carbocycles. The molecule has 0 aromatic rings. The molecule has 0 aliphatic carbocycles. The Hall–Kier alpha value is -3.09. The van der Waals surface area contributed by atoms with Crippen LogP contribution >= 0.6 is 0 Å². The predicted molar refractivity (Wildman–Crippen MR) is 229 cm³/mol. The molecule has 4 N–H and O–H groups in total. The minimum atomic E-state index is -1.87. The summed E-state index contributed by atoms with van der Waals surface area (Å²) in [5.41, 5.74) is 0. The number of hydrogen-bond donors (Lipinski definition) is 4. The van der Waals surface area contributed by atoms with E-state index in [1.807, 2.05) is 0 Å². The molecule has 0 bridgehead atoms. The molecular formula is C47H78O11. The lowest BCUT2D eigenvalue weighted by molar-refractivity contribution is -0.298. The Morgan fingerprint density at radius 1 is 0.552 bits per heavy atom. The third-order valence-electron chi connectivity index (χ3n) is 9.85. The van der Waals surface area contributed by atoms with Crippen molar-refractivity contribution >= 4 is 17.9 Å². The van der Waals surface area contributed by atoms with E-state index in [-0.39, 0.29) is 19.4 Å². The highest BCUT2D eigenvalue weighted by atomic mass is 16.7. The number of ether oxygens (including phenoxy) is 4. The number of carbonyl (C=O) groups excluding carboxylic acids is 2. The topological polar surface area (TPSA) is 169 Å². The molecule has 1 fully saturated rings. The largest absolute Gasteiger partial charge is 0.479 e. The van der Waals surface area contributed by atoms with E-state index in [1.54, 1.807) is 0 Å². The van der Waals surface area contributed by atoms with Gasteiger partial charge in [0.05, 0.1) is 6.61 Å². The van der Waals surface area contributed by atoms with E-state index < -0.39 is 61.3 Å². The zero-order valence-electron chi connectivity index (χ0n) is 35.8. The summed E-state index contributed by atoms with van der Waals surface area (Å²) in [6.07, 6.45) is 35.5. The summed E-state index contributed by atoms with van der Waals surface area (Å²) < 4.78 is 21.7. The van der Waals surface area contributed by atoms with Crippen LogP contribution in [0.15, 0.2) is 60.8 Å². The average molecular weight is 819 g/mol. The predicted octanol–water partition coefficient (Wildman–Crippen LogP) is 9.53. The lowest BCUT2D eigenvalue weighted by Crippen LogP contribution is -2.60. The number of hydrogen-bond acceptors (Lipinski definition) is 10. The Balaban J connectivity index is 2.38. The average Bonchev–Trinajstić information content (AvgIpc) is 3.21. The molecule has 0 radical (unpaired) electrons. The van der Waals surface area contributed by atoms with Crippen molar-refractivity contribution in [2.75, 3.05) is 13.2 Å². The summed E-state index contributed by atoms with van der Waals surface area (Å²) in [6, 6.07) is 0. The monoisotopic (exact) mass is 819 g/mol. The maximum atomic E-state index is 12.7. The van der Waals surface area contributed by atoms with Crippen molar-refractivity contribution in [3.05, 3.63) is 60.8 Å². The van der Waals surface area contributed by atoms with Crippen molar-refractivity contribution in [2.24, 2.45) is 0 Å². The lowest BCUT2D eigenvalue weighted by atomic mass is 9.99. The maximum Gasteiger partial charge on any atom is 0.335 e. The van der Waals surface area contributed by atoms with Gasteiger partial charge in [0.2, 0.25) is 0 Å². The van der Waals surface area contributed by atoms with Crippen LogP contribution in [0, 0.1) is 0 Å². The first-order valence-corrected chi connectivity index (χ1v) is 22.3. The molecule has 1 aliphatic rings. The molecule has 11 nitrogen and oxygen atoms in total. The number of carboxylic acids is 1. The molecule has 332 valence electrons. The molecule has 6 unspecified atom stereocenters. The van der Waals surface area contributed by atoms with Gasteiger partial charge in [0.25, 0.3) is 0 Å². The SMILES string of the molecule is CC/C=C\C/C=C\C/C=C\C/C=C\CCCCCCCCC(=O)OCC(COC1OC(C(=O)O)C(O)C(O)C1O)OC(=O)CCCCCCC/C=C\CCCCCC. The lowest BCUT2D eigenvalue weighted by Gasteiger charge is -2.38. The van der Waals surface area contributed by atoms with Gasteiger partial charge in [-0.05, 0) is 77.0 Å². The first kappa shape index (κ1) is 52.9. The number of unbranched alkanes of at least 4 members (excludes halogenated alkanes) is 15. The molecule has 0 amide bonds. The molecule has 1 rings (SSSR count). The normalized spacial score (nSPS) is 20.6. The standard InChI is InChI=1S/C47H78O11/c1-3-5-7-9-11-13-15-17-18-19-20-21-22-24-25-27-29-31-33-35-40(48)55-37-39(38-56-47-44(52)42(50)43(51)45(58-47)46(53)54)57-41(49)36-34-32-30-28-26-23-16-14-12-10-8-6-4-2/h5,7,11,13-14,16-18,20-21,39,42-45,47,50-52H,3-4,6,8-10,12,15,19,22-38H2,1-2H3,(H,53,54)/b7-5-,13-11-,16-14-,18-17-,21-20-. The zero-order valence-corrected chi connectivity index (χ0v) is 35.8. The summed E-state index contributed by atoms with van der Waals surface area (Å²) in [6.45, 7) is 3.65. The molecule has 58 heavy (non-hydrogen) atoms. The number of carbonyl (C=O) groups is 3. The van der Waals surface area contributed by atoms with E-state index in [2.05, 4.69) is 74.6 Å². The summed E-state index contributed by atoms with van der Waals surface area (Å²) >= 11 is 0. The molecule has 0 aromatic heterocycles. The second kappa shape index (κ2) is 36.9. The van der Waals surface area contributed by atoms with Crippen LogP contribution in [0.4, 0.5) is 0 Å². The van der Waals surface area contributed by atoms with Crippen LogP contribution in [0.25, 0.3) is 0 Å². The number of aliphatic carboxylic acids is 1. The van der Waals surface area contributed by atoms with Gasteiger partial charge >= 0.3 is 17.9 Å². The molecule has 0 spiro atoms. The van der Waals surface area contributed by atoms with Gasteiger partial charge in [-0.1, -0.05) is 139 Å². The van der Waals surface area contributed by atoms with Crippen molar-refractivity contribution in [2.45, 2.75) is 205 Å². The Morgan fingerprint density at radius 2 is 1.02 bits per heavy atom. The first-order chi connectivity index (χ1) is 28.2. The molecule has 1 saturated heterocycles. The summed E-state index contributed by atoms with van der Waals surface area (Å²) in [5, 5.41) is 39.8. The zero-order chi connectivity index (χ0) is 42.5. The van der Waals surface area contributed by atoms with Crippen LogP contribution in [-0.2, 0) is 33.3 Å². The third-order valence-corrected chi connectivity index (χ3v) is 9.85. The fourth-order valence-electron chi connectivity index (χ4n) is 6.33. The Bertz CT molecular complexity index is 1190. The Kier molecular flexibility index (Phi) is 33.7. The van der Waals surface area contributed by atoms with Gasteiger partial charge in [0.1, 0.15) is 24.9 Å². The van der Waals surface area contributed by atoms with Gasteiger partial charge < -0.3 is 39.4 Å². The Labute approximate surface area is 349 Å². The highest BCUT2D eigenvalue weighted by Crippen LogP contribution is 2.23. The molecular weight excluding hydrogens is 741 g/mol. The fourth-order valence-corrected chi connectivity index (χ4v) is 6.33. The van der Waals surface area contributed by atoms with Gasteiger partial charge in [-0.15, -0.1) is 0 Å². The van der Waals surface area contributed by atoms with Crippen molar-refractivity contribution < 1.29 is 53.8 Å². The number of esters is 2. The van der Waals surface area contributed by atoms with Crippen LogP contribution in [0.5, 0.6) is 0 Å². The van der Waals surface area contributed by atoms with Crippen LogP contribution < -0.4 is 0 Å². The van der Waals surface area contributed by atoms with Crippen LogP contribution in [-0.4, -0.2) is 88.4 Å². The maximum absolute atomic E-state index is 12.7.